The lowest BCUT2D eigenvalue weighted by atomic mass is 9.87. The minimum absolute atomic E-state index is 0.0174. The highest BCUT2D eigenvalue weighted by Gasteiger charge is 2.31. The van der Waals surface area contributed by atoms with Gasteiger partial charge in [-0.25, -0.2) is 4.39 Å². The molecule has 156 valence electrons. The first-order valence-corrected chi connectivity index (χ1v) is 9.94. The monoisotopic (exact) mass is 408 g/mol. The third kappa shape index (κ3) is 4.24. The first kappa shape index (κ1) is 20.2. The van der Waals surface area contributed by atoms with Crippen LogP contribution >= 0.6 is 0 Å². The van der Waals surface area contributed by atoms with Crippen molar-refractivity contribution in [3.63, 3.8) is 0 Å². The zero-order valence-electron chi connectivity index (χ0n) is 16.7. The van der Waals surface area contributed by atoms with Crippen molar-refractivity contribution in [3.05, 3.63) is 77.6 Å². The summed E-state index contributed by atoms with van der Waals surface area (Å²) in [5.41, 5.74) is 1.91. The van der Waals surface area contributed by atoms with Crippen molar-refractivity contribution in [2.24, 2.45) is 0 Å². The van der Waals surface area contributed by atoms with Gasteiger partial charge in [-0.05, 0) is 47.2 Å². The second-order valence-electron chi connectivity index (χ2n) is 7.52. The first-order chi connectivity index (χ1) is 14.5. The molecular formula is C24H23FNO4-. The Bertz CT molecular complexity index is 1040. The number of methoxy groups -OCH3 is 1. The van der Waals surface area contributed by atoms with Crippen molar-refractivity contribution in [1.29, 1.82) is 0 Å². The molecule has 4 rings (SSSR count). The van der Waals surface area contributed by atoms with Gasteiger partial charge in [0.25, 0.3) is 0 Å². The van der Waals surface area contributed by atoms with E-state index in [0.717, 1.165) is 27.6 Å². The fourth-order valence-electron chi connectivity index (χ4n) is 4.10. The molecule has 1 fully saturated rings. The topological polar surface area (TPSA) is 61.8 Å². The highest BCUT2D eigenvalue weighted by Crippen LogP contribution is 2.32. The largest absolute Gasteiger partial charge is 0.530 e. The van der Waals surface area contributed by atoms with Crippen LogP contribution < -0.4 is 9.84 Å². The number of carbonyl (C=O) groups excluding carboxylic acids is 1. The molecule has 0 spiro atoms. The third-order valence-corrected chi connectivity index (χ3v) is 5.71. The van der Waals surface area contributed by atoms with Crippen molar-refractivity contribution in [2.75, 3.05) is 20.2 Å². The number of hydrogen-bond acceptors (Lipinski definition) is 4. The molecule has 1 amide bonds. The van der Waals surface area contributed by atoms with Gasteiger partial charge in [0.2, 0.25) is 0 Å². The van der Waals surface area contributed by atoms with E-state index >= 15 is 0 Å². The highest BCUT2D eigenvalue weighted by atomic mass is 19.1. The standard InChI is InChI=1S/C24H24FNO4/c1-29-22-4-2-3-17-6-5-16(13-21(17)22)15-30-23-14-26(24(27)28)12-11-20(23)18-7-9-19(25)10-8-18/h2-10,13,20,23H,11-12,14-15H2,1H3,(H,27,28)/p-1. The number of carboxylic acid groups (broad SMARTS) is 1. The summed E-state index contributed by atoms with van der Waals surface area (Å²) in [7, 11) is 1.64. The molecule has 6 heteroatoms. The average molecular weight is 408 g/mol. The van der Waals surface area contributed by atoms with Gasteiger partial charge in [-0.1, -0.05) is 36.4 Å². The van der Waals surface area contributed by atoms with Crippen LogP contribution in [0.2, 0.25) is 0 Å². The van der Waals surface area contributed by atoms with Gasteiger partial charge in [-0.2, -0.15) is 0 Å². The Morgan fingerprint density at radius 2 is 1.97 bits per heavy atom. The second-order valence-corrected chi connectivity index (χ2v) is 7.52. The molecule has 1 aliphatic rings. The molecule has 0 aliphatic carbocycles. The summed E-state index contributed by atoms with van der Waals surface area (Å²) in [6.07, 6.45) is -0.956. The van der Waals surface area contributed by atoms with Gasteiger partial charge in [0.1, 0.15) is 17.7 Å². The van der Waals surface area contributed by atoms with Crippen LogP contribution in [0.1, 0.15) is 23.5 Å². The van der Waals surface area contributed by atoms with Crippen LogP contribution in [-0.2, 0) is 11.3 Å². The van der Waals surface area contributed by atoms with Crippen LogP contribution in [0.4, 0.5) is 9.18 Å². The summed E-state index contributed by atoms with van der Waals surface area (Å²) in [4.78, 5) is 12.6. The number of fused-ring (bicyclic) bond motifs is 1. The third-order valence-electron chi connectivity index (χ3n) is 5.71. The number of hydrogen-bond donors (Lipinski definition) is 0. The summed E-state index contributed by atoms with van der Waals surface area (Å²) in [5, 5.41) is 13.4. The quantitative estimate of drug-likeness (QED) is 0.646. The molecule has 3 aromatic rings. The van der Waals surface area contributed by atoms with Gasteiger partial charge in [0.05, 0.1) is 19.8 Å². The number of benzene rings is 3. The fourth-order valence-corrected chi connectivity index (χ4v) is 4.10. The average Bonchev–Trinajstić information content (AvgIpc) is 2.77. The lowest BCUT2D eigenvalue weighted by molar-refractivity contribution is -0.268. The van der Waals surface area contributed by atoms with Crippen molar-refractivity contribution < 1.29 is 23.8 Å². The van der Waals surface area contributed by atoms with E-state index in [4.69, 9.17) is 9.47 Å². The van der Waals surface area contributed by atoms with Crippen molar-refractivity contribution in [3.8, 4) is 5.75 Å². The molecule has 1 saturated heterocycles. The summed E-state index contributed by atoms with van der Waals surface area (Å²) in [6.45, 7) is 0.927. The summed E-state index contributed by atoms with van der Waals surface area (Å²) >= 11 is 0. The lowest BCUT2D eigenvalue weighted by Gasteiger charge is -2.40. The van der Waals surface area contributed by atoms with E-state index in [-0.39, 0.29) is 24.4 Å². The molecule has 0 N–H and O–H groups in total. The molecule has 3 aromatic carbocycles. The van der Waals surface area contributed by atoms with Crippen LogP contribution in [0.5, 0.6) is 5.75 Å². The maximum absolute atomic E-state index is 13.3. The minimum Gasteiger partial charge on any atom is -0.530 e. The number of halogens is 1. The normalized spacial score (nSPS) is 19.1. The van der Waals surface area contributed by atoms with Crippen LogP contribution in [0, 0.1) is 5.82 Å². The van der Waals surface area contributed by atoms with E-state index in [0.29, 0.717) is 19.6 Å². The van der Waals surface area contributed by atoms with Crippen molar-refractivity contribution in [1.82, 2.24) is 4.90 Å². The number of likely N-dealkylation sites (tertiary alicyclic amines) is 1. The Balaban J connectivity index is 1.55. The van der Waals surface area contributed by atoms with Gasteiger partial charge < -0.3 is 24.3 Å². The van der Waals surface area contributed by atoms with Crippen molar-refractivity contribution >= 4 is 16.9 Å². The van der Waals surface area contributed by atoms with E-state index in [9.17, 15) is 14.3 Å². The maximum atomic E-state index is 13.3. The van der Waals surface area contributed by atoms with Crippen LogP contribution in [0.25, 0.3) is 10.8 Å². The Hall–Kier alpha value is -3.12. The molecule has 1 heterocycles. The summed E-state index contributed by atoms with van der Waals surface area (Å²) < 4.78 is 25.0. The Kier molecular flexibility index (Phi) is 5.86. The minimum atomic E-state index is -1.20. The Labute approximate surface area is 174 Å². The molecule has 5 nitrogen and oxygen atoms in total. The number of rotatable bonds is 5. The van der Waals surface area contributed by atoms with Crippen molar-refractivity contribution in [2.45, 2.75) is 25.0 Å². The number of nitrogens with zero attached hydrogens (tertiary/aromatic N) is 1. The van der Waals surface area contributed by atoms with Crippen LogP contribution in [0.3, 0.4) is 0 Å². The number of carbonyl (C=O) groups is 1. The van der Waals surface area contributed by atoms with E-state index < -0.39 is 6.09 Å². The van der Waals surface area contributed by atoms with Gasteiger partial charge in [-0.15, -0.1) is 0 Å². The molecule has 0 bridgehead atoms. The smallest absolute Gasteiger partial charge is 0.137 e. The predicted molar refractivity (Wildman–Crippen MR) is 110 cm³/mol. The number of ether oxygens (including phenoxy) is 2. The van der Waals surface area contributed by atoms with E-state index in [1.54, 1.807) is 19.2 Å². The molecule has 0 aromatic heterocycles. The molecule has 30 heavy (non-hydrogen) atoms. The van der Waals surface area contributed by atoms with Gasteiger partial charge in [-0.3, -0.25) is 0 Å². The lowest BCUT2D eigenvalue weighted by Crippen LogP contribution is -2.51. The molecule has 2 atom stereocenters. The molecule has 2 unspecified atom stereocenters. The molecule has 0 saturated carbocycles. The SMILES string of the molecule is COc1cccc2ccc(COC3CN(C(=O)[O-])CCC3c3ccc(F)cc3)cc12. The van der Waals surface area contributed by atoms with Gasteiger partial charge >= 0.3 is 0 Å². The van der Waals surface area contributed by atoms with E-state index in [2.05, 4.69) is 0 Å². The first-order valence-electron chi connectivity index (χ1n) is 9.94. The fraction of sp³-hybridized carbons (Fsp3) is 0.292. The van der Waals surface area contributed by atoms with Crippen LogP contribution in [0.15, 0.2) is 60.7 Å². The zero-order chi connectivity index (χ0) is 21.1. The summed E-state index contributed by atoms with van der Waals surface area (Å²) in [6, 6.07) is 18.2. The Morgan fingerprint density at radius 3 is 2.70 bits per heavy atom. The molecule has 1 aliphatic heterocycles. The van der Waals surface area contributed by atoms with Crippen LogP contribution in [-0.4, -0.2) is 37.3 Å². The Morgan fingerprint density at radius 1 is 1.17 bits per heavy atom. The second kappa shape index (κ2) is 8.71. The molecule has 0 radical (unpaired) electrons. The molecular weight excluding hydrogens is 385 g/mol. The van der Waals surface area contributed by atoms with E-state index in [1.165, 1.54) is 17.0 Å². The van der Waals surface area contributed by atoms with E-state index in [1.807, 2.05) is 36.4 Å². The summed E-state index contributed by atoms with van der Waals surface area (Å²) in [5.74, 6) is 0.476. The predicted octanol–water partition coefficient (Wildman–Crippen LogP) is 3.71. The number of amides is 1. The van der Waals surface area contributed by atoms with Gasteiger partial charge in [0.15, 0.2) is 0 Å². The highest BCUT2D eigenvalue weighted by molar-refractivity contribution is 5.88. The maximum Gasteiger partial charge on any atom is 0.137 e. The number of piperidine rings is 1. The van der Waals surface area contributed by atoms with Gasteiger partial charge in [0, 0.05) is 24.4 Å². The zero-order valence-corrected chi connectivity index (χ0v) is 16.7.